The summed E-state index contributed by atoms with van der Waals surface area (Å²) in [5, 5.41) is 6.72. The van der Waals surface area contributed by atoms with Crippen LogP contribution in [0.25, 0.3) is 0 Å². The van der Waals surface area contributed by atoms with Gasteiger partial charge in [-0.15, -0.1) is 0 Å². The maximum Gasteiger partial charge on any atom is 0.172 e. The molecule has 1 aromatic carbocycles. The molecular formula is C13H14N4S. The van der Waals surface area contributed by atoms with Crippen LogP contribution in [0.5, 0.6) is 0 Å². The number of hydrogen-bond donors (Lipinski definition) is 2. The highest BCUT2D eigenvalue weighted by molar-refractivity contribution is 7.80. The number of nitrogens with one attached hydrogen (secondary N) is 2. The van der Waals surface area contributed by atoms with Crippen LogP contribution in [0.1, 0.15) is 18.5 Å². The number of hydrogen-bond acceptors (Lipinski definition) is 3. The average Bonchev–Trinajstić information content (AvgIpc) is 2.40. The SMILES string of the molecule is CC(NC(=S)Nc1cnccn1)c1ccccc1. The van der Waals surface area contributed by atoms with Gasteiger partial charge in [-0.25, -0.2) is 4.98 Å². The highest BCUT2D eigenvalue weighted by atomic mass is 32.1. The summed E-state index contributed by atoms with van der Waals surface area (Å²) in [7, 11) is 0. The topological polar surface area (TPSA) is 49.8 Å². The third-order valence-electron chi connectivity index (χ3n) is 2.45. The molecule has 2 rings (SSSR count). The molecule has 4 nitrogen and oxygen atoms in total. The van der Waals surface area contributed by atoms with Gasteiger partial charge in [0, 0.05) is 12.4 Å². The molecule has 18 heavy (non-hydrogen) atoms. The molecule has 0 aliphatic carbocycles. The predicted molar refractivity (Wildman–Crippen MR) is 76.2 cm³/mol. The van der Waals surface area contributed by atoms with Crippen molar-refractivity contribution in [2.75, 3.05) is 5.32 Å². The molecule has 1 atom stereocenters. The Hall–Kier alpha value is -2.01. The molecular weight excluding hydrogens is 244 g/mol. The van der Waals surface area contributed by atoms with Crippen LogP contribution in [0.4, 0.5) is 5.82 Å². The van der Waals surface area contributed by atoms with E-state index in [1.54, 1.807) is 18.6 Å². The Labute approximate surface area is 111 Å². The van der Waals surface area contributed by atoms with E-state index in [9.17, 15) is 0 Å². The first-order chi connectivity index (χ1) is 8.75. The van der Waals surface area contributed by atoms with Crippen molar-refractivity contribution in [3.63, 3.8) is 0 Å². The lowest BCUT2D eigenvalue weighted by molar-refractivity contribution is 0.722. The Morgan fingerprint density at radius 1 is 1.22 bits per heavy atom. The van der Waals surface area contributed by atoms with E-state index in [1.165, 1.54) is 5.56 Å². The van der Waals surface area contributed by atoms with Crippen LogP contribution in [0.15, 0.2) is 48.9 Å². The smallest absolute Gasteiger partial charge is 0.172 e. The second kappa shape index (κ2) is 6.07. The van der Waals surface area contributed by atoms with Gasteiger partial charge in [0.1, 0.15) is 0 Å². The van der Waals surface area contributed by atoms with E-state index in [4.69, 9.17) is 12.2 Å². The van der Waals surface area contributed by atoms with Crippen LogP contribution >= 0.6 is 12.2 Å². The summed E-state index contributed by atoms with van der Waals surface area (Å²) < 4.78 is 0. The fourth-order valence-electron chi connectivity index (χ4n) is 1.54. The van der Waals surface area contributed by atoms with Gasteiger partial charge >= 0.3 is 0 Å². The van der Waals surface area contributed by atoms with E-state index in [1.807, 2.05) is 18.2 Å². The van der Waals surface area contributed by atoms with Gasteiger partial charge in [-0.2, -0.15) is 0 Å². The first-order valence-corrected chi connectivity index (χ1v) is 6.05. The number of rotatable bonds is 3. The Bertz CT molecular complexity index is 501. The maximum atomic E-state index is 5.22. The zero-order chi connectivity index (χ0) is 12.8. The molecule has 2 aromatic rings. The van der Waals surface area contributed by atoms with Gasteiger partial charge in [-0.05, 0) is 24.7 Å². The summed E-state index contributed by atoms with van der Waals surface area (Å²) >= 11 is 5.22. The minimum absolute atomic E-state index is 0.142. The second-order valence-corrected chi connectivity index (χ2v) is 4.23. The van der Waals surface area contributed by atoms with Crippen molar-refractivity contribution in [3.8, 4) is 0 Å². The molecule has 0 bridgehead atoms. The fraction of sp³-hybridized carbons (Fsp3) is 0.154. The Balaban J connectivity index is 1.92. The number of aromatic nitrogens is 2. The van der Waals surface area contributed by atoms with E-state index in [-0.39, 0.29) is 6.04 Å². The monoisotopic (exact) mass is 258 g/mol. The van der Waals surface area contributed by atoms with Crippen LogP contribution in [-0.2, 0) is 0 Å². The molecule has 0 amide bonds. The standard InChI is InChI=1S/C13H14N4S/c1-10(11-5-3-2-4-6-11)16-13(18)17-12-9-14-7-8-15-12/h2-10H,1H3,(H2,15,16,17,18). The molecule has 5 heteroatoms. The third kappa shape index (κ3) is 3.49. The Morgan fingerprint density at radius 3 is 2.67 bits per heavy atom. The molecule has 0 saturated carbocycles. The van der Waals surface area contributed by atoms with E-state index in [0.29, 0.717) is 10.9 Å². The summed E-state index contributed by atoms with van der Waals surface area (Å²) in [5.41, 5.74) is 1.18. The lowest BCUT2D eigenvalue weighted by Gasteiger charge is -2.16. The first kappa shape index (κ1) is 12.4. The molecule has 0 saturated heterocycles. The van der Waals surface area contributed by atoms with Gasteiger partial charge in [0.2, 0.25) is 0 Å². The van der Waals surface area contributed by atoms with Crippen molar-refractivity contribution in [1.29, 1.82) is 0 Å². The van der Waals surface area contributed by atoms with Crippen LogP contribution < -0.4 is 10.6 Å². The van der Waals surface area contributed by atoms with Crippen LogP contribution in [0, 0.1) is 0 Å². The summed E-state index contributed by atoms with van der Waals surface area (Å²) in [6.45, 7) is 2.06. The molecule has 0 radical (unpaired) electrons. The van der Waals surface area contributed by atoms with Crippen molar-refractivity contribution in [2.45, 2.75) is 13.0 Å². The van der Waals surface area contributed by atoms with Crippen molar-refractivity contribution in [2.24, 2.45) is 0 Å². The van der Waals surface area contributed by atoms with Crippen LogP contribution in [0.2, 0.25) is 0 Å². The highest BCUT2D eigenvalue weighted by Crippen LogP contribution is 2.11. The zero-order valence-electron chi connectivity index (χ0n) is 10.00. The minimum atomic E-state index is 0.142. The number of thiocarbonyl (C=S) groups is 1. The molecule has 0 aliphatic rings. The number of nitrogens with zero attached hydrogens (tertiary/aromatic N) is 2. The van der Waals surface area contributed by atoms with Crippen molar-refractivity contribution in [3.05, 3.63) is 54.5 Å². The van der Waals surface area contributed by atoms with Gasteiger partial charge < -0.3 is 10.6 Å². The predicted octanol–water partition coefficient (Wildman–Crippen LogP) is 2.52. The Kier molecular flexibility index (Phi) is 4.20. The average molecular weight is 258 g/mol. The van der Waals surface area contributed by atoms with E-state index in [2.05, 4.69) is 39.7 Å². The Morgan fingerprint density at radius 2 is 2.00 bits per heavy atom. The van der Waals surface area contributed by atoms with Gasteiger partial charge in [0.15, 0.2) is 10.9 Å². The van der Waals surface area contributed by atoms with Crippen molar-refractivity contribution < 1.29 is 0 Å². The zero-order valence-corrected chi connectivity index (χ0v) is 10.8. The molecule has 1 unspecified atom stereocenters. The molecule has 0 fully saturated rings. The summed E-state index contributed by atoms with van der Waals surface area (Å²) in [5.74, 6) is 0.635. The lowest BCUT2D eigenvalue weighted by atomic mass is 10.1. The molecule has 0 aliphatic heterocycles. The van der Waals surface area contributed by atoms with E-state index in [0.717, 1.165) is 0 Å². The normalized spacial score (nSPS) is 11.6. The number of benzene rings is 1. The lowest BCUT2D eigenvalue weighted by Crippen LogP contribution is -2.31. The van der Waals surface area contributed by atoms with E-state index >= 15 is 0 Å². The largest absolute Gasteiger partial charge is 0.356 e. The van der Waals surface area contributed by atoms with Crippen molar-refractivity contribution >= 4 is 23.1 Å². The summed E-state index contributed by atoms with van der Waals surface area (Å²) in [4.78, 5) is 8.06. The second-order valence-electron chi connectivity index (χ2n) is 3.82. The maximum absolute atomic E-state index is 5.22. The molecule has 92 valence electrons. The van der Waals surface area contributed by atoms with Crippen LogP contribution in [-0.4, -0.2) is 15.1 Å². The van der Waals surface area contributed by atoms with Gasteiger partial charge in [0.05, 0.1) is 12.2 Å². The molecule has 1 aromatic heterocycles. The quantitative estimate of drug-likeness (QED) is 0.829. The first-order valence-electron chi connectivity index (χ1n) is 5.64. The molecule has 2 N–H and O–H groups in total. The fourth-order valence-corrected chi connectivity index (χ4v) is 1.82. The van der Waals surface area contributed by atoms with Gasteiger partial charge in [-0.3, -0.25) is 4.98 Å². The molecule has 1 heterocycles. The third-order valence-corrected chi connectivity index (χ3v) is 2.67. The summed E-state index contributed by atoms with van der Waals surface area (Å²) in [6.07, 6.45) is 4.86. The van der Waals surface area contributed by atoms with Crippen molar-refractivity contribution in [1.82, 2.24) is 15.3 Å². The summed E-state index contributed by atoms with van der Waals surface area (Å²) in [6, 6.07) is 10.3. The molecule has 0 spiro atoms. The van der Waals surface area contributed by atoms with Gasteiger partial charge in [-0.1, -0.05) is 30.3 Å². The minimum Gasteiger partial charge on any atom is -0.356 e. The number of anilines is 1. The van der Waals surface area contributed by atoms with Gasteiger partial charge in [0.25, 0.3) is 0 Å². The van der Waals surface area contributed by atoms with Crippen LogP contribution in [0.3, 0.4) is 0 Å². The van der Waals surface area contributed by atoms with E-state index < -0.39 is 0 Å². The highest BCUT2D eigenvalue weighted by Gasteiger charge is 2.06.